The molecule has 1 aromatic carbocycles. The van der Waals surface area contributed by atoms with E-state index in [-0.39, 0.29) is 11.9 Å². The van der Waals surface area contributed by atoms with Crippen LogP contribution in [0.2, 0.25) is 0 Å². The number of para-hydroxylation sites is 2. The van der Waals surface area contributed by atoms with Gasteiger partial charge in [0.1, 0.15) is 6.04 Å². The third-order valence-corrected chi connectivity index (χ3v) is 3.48. The quantitative estimate of drug-likeness (QED) is 0.773. The predicted octanol–water partition coefficient (Wildman–Crippen LogP) is 1.61. The van der Waals surface area contributed by atoms with Crippen molar-refractivity contribution in [3.05, 3.63) is 49.1 Å². The summed E-state index contributed by atoms with van der Waals surface area (Å²) in [5.74, 6) is -0.0229. The largest absolute Gasteiger partial charge is 0.352 e. The second-order valence-electron chi connectivity index (χ2n) is 4.88. The number of nitrogens with one attached hydrogen (secondary N) is 1. The lowest BCUT2D eigenvalue weighted by Crippen LogP contribution is -2.33. The highest BCUT2D eigenvalue weighted by Crippen LogP contribution is 2.17. The number of imidazole rings is 1. The highest BCUT2D eigenvalue weighted by atomic mass is 16.2. The number of benzene rings is 1. The topological polar surface area (TPSA) is 64.7 Å². The minimum absolute atomic E-state index is 0.0229. The third kappa shape index (κ3) is 2.79. The zero-order valence-electron chi connectivity index (χ0n) is 11.8. The summed E-state index contributed by atoms with van der Waals surface area (Å²) in [4.78, 5) is 16.5. The van der Waals surface area contributed by atoms with Crippen molar-refractivity contribution < 1.29 is 4.79 Å². The van der Waals surface area contributed by atoms with Crippen LogP contribution in [0.15, 0.2) is 49.1 Å². The number of fused-ring (bicyclic) bond motifs is 1. The van der Waals surface area contributed by atoms with Crippen molar-refractivity contribution in [2.45, 2.75) is 19.5 Å². The smallest absolute Gasteiger partial charge is 0.242 e. The summed E-state index contributed by atoms with van der Waals surface area (Å²) in [6.07, 6.45) is 5.31. The zero-order chi connectivity index (χ0) is 14.7. The van der Waals surface area contributed by atoms with Gasteiger partial charge in [0.2, 0.25) is 5.91 Å². The lowest BCUT2D eigenvalue weighted by atomic mass is 10.2. The molecule has 1 unspecified atom stereocenters. The molecular weight excluding hydrogens is 266 g/mol. The molecule has 1 N–H and O–H groups in total. The number of amides is 1. The molecule has 0 saturated heterocycles. The van der Waals surface area contributed by atoms with Crippen molar-refractivity contribution in [1.82, 2.24) is 24.6 Å². The van der Waals surface area contributed by atoms with E-state index >= 15 is 0 Å². The maximum atomic E-state index is 12.2. The molecule has 0 aliphatic heterocycles. The number of hydrogen-bond donors (Lipinski definition) is 1. The van der Waals surface area contributed by atoms with E-state index < -0.39 is 0 Å². The van der Waals surface area contributed by atoms with Crippen LogP contribution in [0.4, 0.5) is 0 Å². The van der Waals surface area contributed by atoms with Crippen LogP contribution in [0.5, 0.6) is 0 Å². The molecule has 0 radical (unpaired) electrons. The van der Waals surface area contributed by atoms with Gasteiger partial charge in [0.05, 0.1) is 23.9 Å². The van der Waals surface area contributed by atoms with Gasteiger partial charge in [0, 0.05) is 18.9 Å². The molecular formula is C15H17N5O. The van der Waals surface area contributed by atoms with E-state index in [1.807, 2.05) is 48.0 Å². The summed E-state index contributed by atoms with van der Waals surface area (Å²) in [5, 5.41) is 7.02. The average Bonchev–Trinajstić information content (AvgIpc) is 3.15. The maximum Gasteiger partial charge on any atom is 0.242 e. The molecule has 6 nitrogen and oxygen atoms in total. The van der Waals surface area contributed by atoms with Crippen molar-refractivity contribution in [3.63, 3.8) is 0 Å². The van der Waals surface area contributed by atoms with Gasteiger partial charge in [-0.05, 0) is 25.1 Å². The van der Waals surface area contributed by atoms with E-state index in [9.17, 15) is 4.79 Å². The van der Waals surface area contributed by atoms with E-state index in [1.54, 1.807) is 17.2 Å². The standard InChI is InChI=1S/C15H17N5O/c1-12(15(21)16-8-10-19-9-4-7-18-19)20-11-17-13-5-2-3-6-14(13)20/h2-7,9,11-12H,8,10H2,1H3,(H,16,21). The number of nitrogens with zero attached hydrogens (tertiary/aromatic N) is 4. The minimum Gasteiger partial charge on any atom is -0.352 e. The Morgan fingerprint density at radius 3 is 3.00 bits per heavy atom. The van der Waals surface area contributed by atoms with Crippen LogP contribution < -0.4 is 5.32 Å². The Morgan fingerprint density at radius 2 is 2.19 bits per heavy atom. The Labute approximate surface area is 122 Å². The van der Waals surface area contributed by atoms with Gasteiger partial charge in [-0.15, -0.1) is 0 Å². The first-order valence-electron chi connectivity index (χ1n) is 6.92. The molecule has 0 bridgehead atoms. The molecule has 0 saturated carbocycles. The number of rotatable bonds is 5. The van der Waals surface area contributed by atoms with Crippen LogP contribution in [0.1, 0.15) is 13.0 Å². The van der Waals surface area contributed by atoms with Crippen molar-refractivity contribution in [3.8, 4) is 0 Å². The van der Waals surface area contributed by atoms with Gasteiger partial charge in [-0.25, -0.2) is 4.98 Å². The second-order valence-corrected chi connectivity index (χ2v) is 4.88. The molecule has 21 heavy (non-hydrogen) atoms. The fraction of sp³-hybridized carbons (Fsp3) is 0.267. The van der Waals surface area contributed by atoms with Gasteiger partial charge in [-0.1, -0.05) is 12.1 Å². The van der Waals surface area contributed by atoms with Crippen LogP contribution in [-0.2, 0) is 11.3 Å². The van der Waals surface area contributed by atoms with Crippen molar-refractivity contribution in [1.29, 1.82) is 0 Å². The molecule has 0 aliphatic carbocycles. The summed E-state index contributed by atoms with van der Waals surface area (Å²) in [6.45, 7) is 3.09. The van der Waals surface area contributed by atoms with Crippen molar-refractivity contribution >= 4 is 16.9 Å². The Hall–Kier alpha value is -2.63. The molecule has 108 valence electrons. The monoisotopic (exact) mass is 283 g/mol. The SMILES string of the molecule is CC(C(=O)NCCn1cccn1)n1cnc2ccccc21. The van der Waals surface area contributed by atoms with Crippen molar-refractivity contribution in [2.75, 3.05) is 6.54 Å². The summed E-state index contributed by atoms with van der Waals surface area (Å²) in [5.41, 5.74) is 1.86. The third-order valence-electron chi connectivity index (χ3n) is 3.48. The van der Waals surface area contributed by atoms with E-state index in [2.05, 4.69) is 15.4 Å². The summed E-state index contributed by atoms with van der Waals surface area (Å²) < 4.78 is 3.68. The number of hydrogen-bond acceptors (Lipinski definition) is 3. The van der Waals surface area contributed by atoms with Gasteiger partial charge < -0.3 is 9.88 Å². The summed E-state index contributed by atoms with van der Waals surface area (Å²) in [7, 11) is 0. The predicted molar refractivity (Wildman–Crippen MR) is 79.7 cm³/mol. The Bertz CT molecular complexity index is 731. The molecule has 2 heterocycles. The Balaban J connectivity index is 1.64. The number of carbonyl (C=O) groups excluding carboxylic acids is 1. The van der Waals surface area contributed by atoms with Gasteiger partial charge in [0.25, 0.3) is 0 Å². The Morgan fingerprint density at radius 1 is 1.33 bits per heavy atom. The Kier molecular flexibility index (Phi) is 3.68. The molecule has 6 heteroatoms. The first-order valence-corrected chi connectivity index (χ1v) is 6.92. The maximum absolute atomic E-state index is 12.2. The molecule has 1 amide bonds. The minimum atomic E-state index is -0.296. The van der Waals surface area contributed by atoms with Crippen LogP contribution in [-0.4, -0.2) is 31.8 Å². The van der Waals surface area contributed by atoms with E-state index in [0.29, 0.717) is 13.1 Å². The highest BCUT2D eigenvalue weighted by molar-refractivity contribution is 5.83. The van der Waals surface area contributed by atoms with Gasteiger partial charge in [0.15, 0.2) is 0 Å². The number of aromatic nitrogens is 4. The molecule has 0 fully saturated rings. The molecule has 0 aliphatic rings. The number of carbonyl (C=O) groups is 1. The van der Waals surface area contributed by atoms with Crippen LogP contribution in [0.3, 0.4) is 0 Å². The lowest BCUT2D eigenvalue weighted by Gasteiger charge is -2.14. The van der Waals surface area contributed by atoms with Crippen LogP contribution >= 0.6 is 0 Å². The molecule has 2 aromatic heterocycles. The van der Waals surface area contributed by atoms with Gasteiger partial charge in [-0.2, -0.15) is 5.10 Å². The van der Waals surface area contributed by atoms with Crippen molar-refractivity contribution in [2.24, 2.45) is 0 Å². The molecule has 3 rings (SSSR count). The normalized spacial score (nSPS) is 12.4. The molecule has 3 aromatic rings. The molecule has 0 spiro atoms. The fourth-order valence-corrected chi connectivity index (χ4v) is 2.29. The van der Waals surface area contributed by atoms with Gasteiger partial charge >= 0.3 is 0 Å². The van der Waals surface area contributed by atoms with E-state index in [4.69, 9.17) is 0 Å². The average molecular weight is 283 g/mol. The second kappa shape index (κ2) is 5.78. The lowest BCUT2D eigenvalue weighted by molar-refractivity contribution is -0.123. The highest BCUT2D eigenvalue weighted by Gasteiger charge is 2.16. The first-order chi connectivity index (χ1) is 10.3. The summed E-state index contributed by atoms with van der Waals surface area (Å²) in [6, 6.07) is 9.36. The van der Waals surface area contributed by atoms with E-state index in [1.165, 1.54) is 0 Å². The molecule has 1 atom stereocenters. The zero-order valence-corrected chi connectivity index (χ0v) is 11.8. The fourth-order valence-electron chi connectivity index (χ4n) is 2.29. The van der Waals surface area contributed by atoms with Gasteiger partial charge in [-0.3, -0.25) is 9.48 Å². The summed E-state index contributed by atoms with van der Waals surface area (Å²) >= 11 is 0. The first kappa shape index (κ1) is 13.4. The van der Waals surface area contributed by atoms with E-state index in [0.717, 1.165) is 11.0 Å². The van der Waals surface area contributed by atoms with Crippen LogP contribution in [0, 0.1) is 0 Å². The van der Waals surface area contributed by atoms with Crippen LogP contribution in [0.25, 0.3) is 11.0 Å².